The molecule has 0 bridgehead atoms. The van der Waals surface area contributed by atoms with E-state index in [4.69, 9.17) is 10.6 Å². The third-order valence-corrected chi connectivity index (χ3v) is 5.68. The second kappa shape index (κ2) is 9.11. The number of hydrogen-bond acceptors (Lipinski definition) is 6. The van der Waals surface area contributed by atoms with Crippen LogP contribution in [0.5, 0.6) is 5.75 Å². The standard InChI is InChI=1S/C19H20BrN5O2S/c1-12-11-13(27-2)7-8-16(12)22-17(26)9-10-28-19-24-23-18(25(19)21)14-5-3-4-6-15(14)20/h3-8,11H,9-10,21H2,1-2H3,(H,22,26). The van der Waals surface area contributed by atoms with Gasteiger partial charge in [-0.25, -0.2) is 4.68 Å². The number of ether oxygens (including phenoxy) is 1. The Morgan fingerprint density at radius 2 is 2.07 bits per heavy atom. The van der Waals surface area contributed by atoms with Crippen molar-refractivity contribution in [1.29, 1.82) is 0 Å². The summed E-state index contributed by atoms with van der Waals surface area (Å²) in [5.74, 6) is 7.91. The van der Waals surface area contributed by atoms with E-state index in [-0.39, 0.29) is 5.91 Å². The van der Waals surface area contributed by atoms with Gasteiger partial charge in [0.15, 0.2) is 5.82 Å². The van der Waals surface area contributed by atoms with E-state index in [2.05, 4.69) is 31.4 Å². The smallest absolute Gasteiger partial charge is 0.225 e. The molecule has 0 saturated carbocycles. The maximum Gasteiger partial charge on any atom is 0.225 e. The molecule has 1 aromatic heterocycles. The number of nitrogens with zero attached hydrogens (tertiary/aromatic N) is 3. The zero-order valence-corrected chi connectivity index (χ0v) is 17.9. The number of thioether (sulfide) groups is 1. The number of hydrogen-bond donors (Lipinski definition) is 2. The van der Waals surface area contributed by atoms with Crippen molar-refractivity contribution in [1.82, 2.24) is 14.9 Å². The number of nitrogen functional groups attached to an aromatic ring is 1. The van der Waals surface area contributed by atoms with Gasteiger partial charge in [0.25, 0.3) is 0 Å². The summed E-state index contributed by atoms with van der Waals surface area (Å²) in [4.78, 5) is 12.2. The fourth-order valence-electron chi connectivity index (χ4n) is 2.55. The van der Waals surface area contributed by atoms with Gasteiger partial charge >= 0.3 is 0 Å². The van der Waals surface area contributed by atoms with Crippen molar-refractivity contribution >= 4 is 39.3 Å². The lowest BCUT2D eigenvalue weighted by atomic mass is 10.2. The Morgan fingerprint density at radius 1 is 1.29 bits per heavy atom. The summed E-state index contributed by atoms with van der Waals surface area (Å²) in [5.41, 5.74) is 2.58. The number of anilines is 1. The molecule has 28 heavy (non-hydrogen) atoms. The summed E-state index contributed by atoms with van der Waals surface area (Å²) < 4.78 is 7.50. The van der Waals surface area contributed by atoms with E-state index in [9.17, 15) is 4.79 Å². The molecule has 7 nitrogen and oxygen atoms in total. The Balaban J connectivity index is 1.57. The molecule has 0 aliphatic heterocycles. The molecule has 146 valence electrons. The van der Waals surface area contributed by atoms with E-state index in [0.29, 0.717) is 23.2 Å². The molecule has 3 rings (SSSR count). The van der Waals surface area contributed by atoms with Gasteiger partial charge in [0, 0.05) is 27.9 Å². The van der Waals surface area contributed by atoms with Crippen molar-refractivity contribution in [3.05, 3.63) is 52.5 Å². The quantitative estimate of drug-likeness (QED) is 0.409. The lowest BCUT2D eigenvalue weighted by Gasteiger charge is -2.10. The molecular weight excluding hydrogens is 442 g/mol. The molecule has 3 N–H and O–H groups in total. The van der Waals surface area contributed by atoms with Crippen LogP contribution in [0.1, 0.15) is 12.0 Å². The predicted molar refractivity (Wildman–Crippen MR) is 115 cm³/mol. The monoisotopic (exact) mass is 461 g/mol. The van der Waals surface area contributed by atoms with Gasteiger partial charge in [-0.15, -0.1) is 10.2 Å². The highest BCUT2D eigenvalue weighted by Crippen LogP contribution is 2.28. The van der Waals surface area contributed by atoms with E-state index in [1.807, 2.05) is 49.4 Å². The van der Waals surface area contributed by atoms with Crippen LogP contribution in [0.15, 0.2) is 52.1 Å². The minimum absolute atomic E-state index is 0.0742. The van der Waals surface area contributed by atoms with Gasteiger partial charge in [0.1, 0.15) is 5.75 Å². The zero-order chi connectivity index (χ0) is 20.1. The van der Waals surface area contributed by atoms with Crippen LogP contribution in [0.3, 0.4) is 0 Å². The SMILES string of the molecule is COc1ccc(NC(=O)CCSc2nnc(-c3ccccc3Br)n2N)c(C)c1. The Kier molecular flexibility index (Phi) is 6.58. The van der Waals surface area contributed by atoms with Crippen LogP contribution in [-0.2, 0) is 4.79 Å². The number of nitrogens with two attached hydrogens (primary N) is 1. The zero-order valence-electron chi connectivity index (χ0n) is 15.5. The molecule has 0 spiro atoms. The van der Waals surface area contributed by atoms with Crippen LogP contribution in [0.2, 0.25) is 0 Å². The summed E-state index contributed by atoms with van der Waals surface area (Å²) in [5, 5.41) is 11.8. The minimum atomic E-state index is -0.0742. The average molecular weight is 462 g/mol. The summed E-state index contributed by atoms with van der Waals surface area (Å²) in [6, 6.07) is 13.2. The summed E-state index contributed by atoms with van der Waals surface area (Å²) in [7, 11) is 1.61. The van der Waals surface area contributed by atoms with Crippen molar-refractivity contribution in [2.45, 2.75) is 18.5 Å². The molecule has 1 heterocycles. The second-order valence-corrected chi connectivity index (χ2v) is 7.90. The number of nitrogens with one attached hydrogen (secondary N) is 1. The Morgan fingerprint density at radius 3 is 2.79 bits per heavy atom. The van der Waals surface area contributed by atoms with Crippen molar-refractivity contribution in [2.75, 3.05) is 24.0 Å². The molecule has 0 radical (unpaired) electrons. The van der Waals surface area contributed by atoms with Crippen LogP contribution >= 0.6 is 27.7 Å². The van der Waals surface area contributed by atoms with Crippen molar-refractivity contribution in [3.8, 4) is 17.1 Å². The van der Waals surface area contributed by atoms with E-state index in [1.165, 1.54) is 16.4 Å². The van der Waals surface area contributed by atoms with E-state index < -0.39 is 0 Å². The lowest BCUT2D eigenvalue weighted by Crippen LogP contribution is -2.14. The Hall–Kier alpha value is -2.52. The first-order valence-corrected chi connectivity index (χ1v) is 10.3. The van der Waals surface area contributed by atoms with Gasteiger partial charge in [-0.1, -0.05) is 39.8 Å². The average Bonchev–Trinajstić information content (AvgIpc) is 3.04. The topological polar surface area (TPSA) is 95.1 Å². The van der Waals surface area contributed by atoms with E-state index in [0.717, 1.165) is 27.0 Å². The fourth-order valence-corrected chi connectivity index (χ4v) is 3.81. The molecule has 9 heteroatoms. The number of amides is 1. The highest BCUT2D eigenvalue weighted by atomic mass is 79.9. The number of halogens is 1. The van der Waals surface area contributed by atoms with E-state index >= 15 is 0 Å². The number of rotatable bonds is 7. The van der Waals surface area contributed by atoms with Crippen LogP contribution in [0.4, 0.5) is 5.69 Å². The highest BCUT2D eigenvalue weighted by molar-refractivity contribution is 9.10. The summed E-state index contributed by atoms with van der Waals surface area (Å²) in [6.07, 6.45) is 0.327. The molecule has 0 aliphatic carbocycles. The molecule has 1 amide bonds. The van der Waals surface area contributed by atoms with Crippen LogP contribution in [0.25, 0.3) is 11.4 Å². The first-order chi connectivity index (χ1) is 13.5. The molecule has 0 atom stereocenters. The minimum Gasteiger partial charge on any atom is -0.497 e. The molecule has 0 fully saturated rings. The first kappa shape index (κ1) is 20.2. The number of benzene rings is 2. The molecule has 0 saturated heterocycles. The maximum atomic E-state index is 12.2. The second-order valence-electron chi connectivity index (χ2n) is 5.98. The highest BCUT2D eigenvalue weighted by Gasteiger charge is 2.15. The maximum absolute atomic E-state index is 12.2. The number of carbonyl (C=O) groups is 1. The van der Waals surface area contributed by atoms with Crippen molar-refractivity contribution < 1.29 is 9.53 Å². The summed E-state index contributed by atoms with van der Waals surface area (Å²) >= 11 is 4.88. The third kappa shape index (κ3) is 4.66. The van der Waals surface area contributed by atoms with Gasteiger partial charge in [0.2, 0.25) is 11.1 Å². The van der Waals surface area contributed by atoms with Crippen LogP contribution in [0, 0.1) is 6.92 Å². The number of carbonyl (C=O) groups excluding carboxylic acids is 1. The molecule has 0 unspecified atom stereocenters. The van der Waals surface area contributed by atoms with Gasteiger partial charge in [-0.3, -0.25) is 4.79 Å². The van der Waals surface area contributed by atoms with Gasteiger partial charge in [-0.05, 0) is 42.8 Å². The number of aryl methyl sites for hydroxylation is 1. The summed E-state index contributed by atoms with van der Waals surface area (Å²) in [6.45, 7) is 1.92. The predicted octanol–water partition coefficient (Wildman–Crippen LogP) is 3.86. The first-order valence-electron chi connectivity index (χ1n) is 8.52. The number of methoxy groups -OCH3 is 1. The Bertz CT molecular complexity index is 992. The normalized spacial score (nSPS) is 10.7. The van der Waals surface area contributed by atoms with Gasteiger partial charge < -0.3 is 15.9 Å². The van der Waals surface area contributed by atoms with Crippen molar-refractivity contribution in [3.63, 3.8) is 0 Å². The molecule has 3 aromatic rings. The Labute approximate surface area is 175 Å². The molecule has 2 aromatic carbocycles. The van der Waals surface area contributed by atoms with Crippen LogP contribution in [-0.4, -0.2) is 33.6 Å². The van der Waals surface area contributed by atoms with Gasteiger partial charge in [-0.2, -0.15) is 0 Å². The van der Waals surface area contributed by atoms with E-state index in [1.54, 1.807) is 7.11 Å². The fraction of sp³-hybridized carbons (Fsp3) is 0.211. The lowest BCUT2D eigenvalue weighted by molar-refractivity contribution is -0.115. The van der Waals surface area contributed by atoms with Crippen LogP contribution < -0.4 is 15.9 Å². The molecular formula is C19H20BrN5O2S. The largest absolute Gasteiger partial charge is 0.497 e. The third-order valence-electron chi connectivity index (χ3n) is 4.05. The molecule has 0 aliphatic rings. The van der Waals surface area contributed by atoms with Crippen molar-refractivity contribution in [2.24, 2.45) is 0 Å². The van der Waals surface area contributed by atoms with Gasteiger partial charge in [0.05, 0.1) is 7.11 Å². The number of aromatic nitrogens is 3.